The van der Waals surface area contributed by atoms with Crippen molar-refractivity contribution in [3.8, 4) is 0 Å². The Labute approximate surface area is 331 Å². The van der Waals surface area contributed by atoms with Gasteiger partial charge in [-0.15, -0.1) is 0 Å². The summed E-state index contributed by atoms with van der Waals surface area (Å²) in [4.78, 5) is 25.3. The highest BCUT2D eigenvalue weighted by molar-refractivity contribution is 7.85. The summed E-state index contributed by atoms with van der Waals surface area (Å²) in [6.07, 6.45) is 26.3. The maximum absolute atomic E-state index is 12.8. The predicted octanol–water partition coefficient (Wildman–Crippen LogP) is 7.83. The van der Waals surface area contributed by atoms with Crippen molar-refractivity contribution in [3.63, 3.8) is 0 Å². The van der Waals surface area contributed by atoms with E-state index in [9.17, 15) is 37.9 Å². The van der Waals surface area contributed by atoms with Gasteiger partial charge in [0.1, 0.15) is 36.8 Å². The molecule has 55 heavy (non-hydrogen) atoms. The zero-order valence-electron chi connectivity index (χ0n) is 33.8. The molecule has 0 amide bonds. The van der Waals surface area contributed by atoms with Gasteiger partial charge >= 0.3 is 11.9 Å². The van der Waals surface area contributed by atoms with Crippen LogP contribution >= 0.6 is 0 Å². The van der Waals surface area contributed by atoms with E-state index in [4.69, 9.17) is 18.9 Å². The van der Waals surface area contributed by atoms with Crippen LogP contribution in [0.25, 0.3) is 0 Å². The molecule has 1 aliphatic heterocycles. The molecule has 0 saturated carbocycles. The van der Waals surface area contributed by atoms with Crippen LogP contribution in [0.2, 0.25) is 0 Å². The Balaban J connectivity index is 2.48. The highest BCUT2D eigenvalue weighted by Crippen LogP contribution is 2.24. The molecule has 12 nitrogen and oxygen atoms in total. The maximum atomic E-state index is 12.8. The Kier molecular flexibility index (Phi) is 30.4. The number of rotatable bonds is 34. The number of hydrogen-bond acceptors (Lipinski definition) is 11. The molecule has 0 aromatic carbocycles. The van der Waals surface area contributed by atoms with E-state index in [1.54, 1.807) is 0 Å². The molecule has 1 fully saturated rings. The number of carbonyl (C=O) groups is 2. The van der Waals surface area contributed by atoms with Crippen molar-refractivity contribution in [2.75, 3.05) is 19.0 Å². The van der Waals surface area contributed by atoms with E-state index in [0.29, 0.717) is 12.8 Å². The van der Waals surface area contributed by atoms with Gasteiger partial charge in [0.25, 0.3) is 10.1 Å². The molecule has 0 aromatic heterocycles. The Morgan fingerprint density at radius 3 is 1.69 bits per heavy atom. The highest BCUT2D eigenvalue weighted by atomic mass is 32.2. The number of carbonyl (C=O) groups excluding carboxylic acids is 2. The Bertz CT molecular complexity index is 1170. The molecule has 6 atom stereocenters. The number of unbranched alkanes of at least 4 members (excludes halogenated alkanes) is 16. The van der Waals surface area contributed by atoms with Gasteiger partial charge in [0.2, 0.25) is 0 Å². The lowest BCUT2D eigenvalue weighted by Gasteiger charge is -2.40. The Morgan fingerprint density at radius 1 is 0.618 bits per heavy atom. The minimum absolute atomic E-state index is 0.153. The van der Waals surface area contributed by atoms with E-state index in [1.165, 1.54) is 32.1 Å². The number of aliphatic hydroxyl groups excluding tert-OH is 3. The summed E-state index contributed by atoms with van der Waals surface area (Å²) in [7, 11) is -4.60. The lowest BCUT2D eigenvalue weighted by atomic mass is 10.00. The average Bonchev–Trinajstić information content (AvgIpc) is 3.14. The van der Waals surface area contributed by atoms with E-state index < -0.39 is 71.2 Å². The largest absolute Gasteiger partial charge is 0.462 e. The Morgan fingerprint density at radius 2 is 1.13 bits per heavy atom. The molecule has 0 spiro atoms. The molecule has 1 saturated heterocycles. The van der Waals surface area contributed by atoms with Crippen molar-refractivity contribution in [2.45, 2.75) is 198 Å². The van der Waals surface area contributed by atoms with Crippen LogP contribution in [-0.4, -0.2) is 96.0 Å². The molecule has 320 valence electrons. The van der Waals surface area contributed by atoms with Crippen molar-refractivity contribution in [1.29, 1.82) is 0 Å². The monoisotopic (exact) mass is 802 g/mol. The van der Waals surface area contributed by atoms with E-state index in [-0.39, 0.29) is 19.4 Å². The summed E-state index contributed by atoms with van der Waals surface area (Å²) in [6.45, 7) is 3.64. The van der Waals surface area contributed by atoms with Crippen molar-refractivity contribution in [2.24, 2.45) is 0 Å². The number of aliphatic hydroxyl groups is 3. The first-order valence-corrected chi connectivity index (χ1v) is 22.7. The molecular formula is C42H74O12S. The number of hydrogen-bond donors (Lipinski definition) is 4. The molecule has 13 heteroatoms. The molecule has 0 aliphatic carbocycles. The molecule has 1 aliphatic rings. The minimum atomic E-state index is -4.60. The summed E-state index contributed by atoms with van der Waals surface area (Å²) >= 11 is 0. The molecule has 1 rings (SSSR count). The fourth-order valence-electron chi connectivity index (χ4n) is 6.12. The van der Waals surface area contributed by atoms with Crippen LogP contribution in [0.5, 0.6) is 0 Å². The van der Waals surface area contributed by atoms with Crippen molar-refractivity contribution in [3.05, 3.63) is 36.5 Å². The predicted molar refractivity (Wildman–Crippen MR) is 215 cm³/mol. The van der Waals surface area contributed by atoms with Crippen LogP contribution in [0.4, 0.5) is 0 Å². The van der Waals surface area contributed by atoms with Crippen LogP contribution in [0.15, 0.2) is 36.5 Å². The van der Waals surface area contributed by atoms with Gasteiger partial charge in [0.05, 0.1) is 6.61 Å². The number of ether oxygens (including phenoxy) is 4. The molecule has 4 N–H and O–H groups in total. The third-order valence-corrected chi connectivity index (χ3v) is 10.2. The van der Waals surface area contributed by atoms with Gasteiger partial charge in [-0.25, -0.2) is 0 Å². The average molecular weight is 803 g/mol. The number of esters is 2. The number of allylic oxidation sites excluding steroid dienone is 6. The first kappa shape index (κ1) is 50.9. The third kappa shape index (κ3) is 28.0. The third-order valence-electron chi connectivity index (χ3n) is 9.42. The molecule has 0 aromatic rings. The first-order valence-electron chi connectivity index (χ1n) is 21.0. The van der Waals surface area contributed by atoms with Gasteiger partial charge in [0, 0.05) is 12.8 Å². The van der Waals surface area contributed by atoms with Crippen LogP contribution in [0.1, 0.15) is 162 Å². The summed E-state index contributed by atoms with van der Waals surface area (Å²) < 4.78 is 53.9. The van der Waals surface area contributed by atoms with E-state index >= 15 is 0 Å². The summed E-state index contributed by atoms with van der Waals surface area (Å²) in [6, 6.07) is 0. The van der Waals surface area contributed by atoms with Crippen LogP contribution < -0.4 is 0 Å². The second-order valence-electron chi connectivity index (χ2n) is 14.6. The standard InChI is InChI=1S/C42H74O12S/c1-3-5-7-9-11-13-15-16-17-18-19-20-21-23-25-27-29-31-38(44)53-35(32-51-37(43)30-28-26-24-22-14-12-10-8-6-4-2)33-52-42-41(47)40(46)39(45)36(54-42)34-55(48,49)50/h8,10-11,13,16-17,35-36,39-42,45-47H,3-7,9,12,14-15,18-34H2,1-2H3,(H,48,49,50)/b10-8-,13-11-,17-16-. The zero-order chi connectivity index (χ0) is 40.6. The van der Waals surface area contributed by atoms with E-state index in [0.717, 1.165) is 89.9 Å². The second kappa shape index (κ2) is 32.9. The molecule has 1 heterocycles. The normalized spacial score (nSPS) is 21.2. The molecule has 0 bridgehead atoms. The summed E-state index contributed by atoms with van der Waals surface area (Å²) in [5.41, 5.74) is 0. The fourth-order valence-corrected chi connectivity index (χ4v) is 6.81. The topological polar surface area (TPSA) is 186 Å². The summed E-state index contributed by atoms with van der Waals surface area (Å²) in [5.74, 6) is -2.01. The lowest BCUT2D eigenvalue weighted by molar-refractivity contribution is -0.297. The van der Waals surface area contributed by atoms with Crippen molar-refractivity contribution < 1.29 is 56.8 Å². The van der Waals surface area contributed by atoms with E-state index in [2.05, 4.69) is 50.3 Å². The first-order chi connectivity index (χ1) is 26.5. The second-order valence-corrected chi connectivity index (χ2v) is 16.1. The maximum Gasteiger partial charge on any atom is 0.306 e. The van der Waals surface area contributed by atoms with E-state index in [1.807, 2.05) is 0 Å². The van der Waals surface area contributed by atoms with Crippen LogP contribution in [0.3, 0.4) is 0 Å². The molecular weight excluding hydrogens is 729 g/mol. The molecule has 6 unspecified atom stereocenters. The van der Waals surface area contributed by atoms with Gasteiger partial charge < -0.3 is 34.3 Å². The van der Waals surface area contributed by atoms with Gasteiger partial charge in [-0.2, -0.15) is 8.42 Å². The zero-order valence-corrected chi connectivity index (χ0v) is 34.6. The van der Waals surface area contributed by atoms with Gasteiger partial charge in [0.15, 0.2) is 12.4 Å². The summed E-state index contributed by atoms with van der Waals surface area (Å²) in [5, 5.41) is 30.8. The Hall–Kier alpha value is -2.13. The molecule has 0 radical (unpaired) electrons. The highest BCUT2D eigenvalue weighted by Gasteiger charge is 2.46. The van der Waals surface area contributed by atoms with Crippen LogP contribution in [-0.2, 0) is 38.7 Å². The van der Waals surface area contributed by atoms with Gasteiger partial charge in [-0.05, 0) is 64.2 Å². The SMILES string of the molecule is CCC/C=C\CCCCCCCC(=O)OCC(COC1OC(CS(=O)(=O)O)C(O)C(O)C1O)OC(=O)CCCCCCCCC/C=C\C/C=C\CCCCC. The van der Waals surface area contributed by atoms with Crippen molar-refractivity contribution >= 4 is 22.1 Å². The minimum Gasteiger partial charge on any atom is -0.462 e. The van der Waals surface area contributed by atoms with Crippen LogP contribution in [0, 0.1) is 0 Å². The lowest BCUT2D eigenvalue weighted by Crippen LogP contribution is -2.60. The smallest absolute Gasteiger partial charge is 0.306 e. The van der Waals surface area contributed by atoms with Gasteiger partial charge in [-0.1, -0.05) is 121 Å². The van der Waals surface area contributed by atoms with Gasteiger partial charge in [-0.3, -0.25) is 14.1 Å². The quantitative estimate of drug-likeness (QED) is 0.0214. The fraction of sp³-hybridized carbons (Fsp3) is 0.810. The van der Waals surface area contributed by atoms with Crippen molar-refractivity contribution in [1.82, 2.24) is 0 Å².